The molecule has 0 fully saturated rings. The van der Waals surface area contributed by atoms with Gasteiger partial charge in [-0.05, 0) is 25.2 Å². The highest BCUT2D eigenvalue weighted by atomic mass is 16.4. The van der Waals surface area contributed by atoms with E-state index >= 15 is 0 Å². The molecule has 5 unspecified atom stereocenters. The van der Waals surface area contributed by atoms with Crippen LogP contribution in [0.5, 0.6) is 0 Å². The highest BCUT2D eigenvalue weighted by Gasteiger charge is 2.33. The van der Waals surface area contributed by atoms with E-state index in [0.717, 1.165) is 0 Å². The number of nitrogens with zero attached hydrogens (tertiary/aromatic N) is 1. The molecule has 0 aromatic rings. The Balaban J connectivity index is 5.48. The molecule has 0 saturated carbocycles. The van der Waals surface area contributed by atoms with Crippen molar-refractivity contribution in [2.75, 3.05) is 6.54 Å². The average molecular weight is 532 g/mol. The first-order valence-corrected chi connectivity index (χ1v) is 11.6. The Kier molecular flexibility index (Phi) is 14.9. The number of hydrogen-bond acceptors (Lipinski definition) is 8. The number of carbonyl (C=O) groups is 6. The molecule has 0 aliphatic heterocycles. The van der Waals surface area contributed by atoms with Gasteiger partial charge in [0.05, 0.1) is 12.5 Å². The summed E-state index contributed by atoms with van der Waals surface area (Å²) in [6.45, 7) is 3.63. The number of guanidine groups is 1. The van der Waals surface area contributed by atoms with Crippen molar-refractivity contribution in [2.45, 2.75) is 76.5 Å². The largest absolute Gasteiger partial charge is 0.481 e. The number of aliphatic carboxylic acids is 3. The number of amides is 3. The minimum Gasteiger partial charge on any atom is -0.481 e. The highest BCUT2D eigenvalue weighted by molar-refractivity contribution is 5.95. The van der Waals surface area contributed by atoms with Gasteiger partial charge in [-0.2, -0.15) is 0 Å². The van der Waals surface area contributed by atoms with E-state index in [1.165, 1.54) is 0 Å². The third-order valence-corrected chi connectivity index (χ3v) is 5.37. The van der Waals surface area contributed by atoms with Crippen LogP contribution in [0.2, 0.25) is 0 Å². The topological polar surface area (TPSA) is 290 Å². The first kappa shape index (κ1) is 33.0. The highest BCUT2D eigenvalue weighted by Crippen LogP contribution is 2.10. The molecule has 0 aliphatic carbocycles. The molecule has 0 radical (unpaired) electrons. The summed E-state index contributed by atoms with van der Waals surface area (Å²) in [7, 11) is 0. The molecular weight excluding hydrogens is 494 g/mol. The SMILES string of the molecule is CCC(C)C(NC(=O)C(N)CCCN=C(N)N)C(=O)NC(CC(=O)O)C(=O)NC(CCC(=O)O)C(=O)O. The second-order valence-corrected chi connectivity index (χ2v) is 8.42. The zero-order valence-corrected chi connectivity index (χ0v) is 20.8. The van der Waals surface area contributed by atoms with Crippen molar-refractivity contribution in [1.82, 2.24) is 16.0 Å². The second kappa shape index (κ2) is 16.7. The summed E-state index contributed by atoms with van der Waals surface area (Å²) in [5.74, 6) is -7.54. The van der Waals surface area contributed by atoms with Crippen LogP contribution in [0.1, 0.15) is 52.4 Å². The normalized spacial score (nSPS) is 14.7. The van der Waals surface area contributed by atoms with Crippen LogP contribution in [0.3, 0.4) is 0 Å². The minimum absolute atomic E-state index is 0.108. The van der Waals surface area contributed by atoms with E-state index in [9.17, 15) is 39.0 Å². The maximum atomic E-state index is 13.0. The smallest absolute Gasteiger partial charge is 0.326 e. The van der Waals surface area contributed by atoms with Crippen LogP contribution in [-0.4, -0.2) is 87.6 Å². The van der Waals surface area contributed by atoms with Crippen LogP contribution < -0.4 is 33.2 Å². The lowest BCUT2D eigenvalue weighted by Gasteiger charge is -2.27. The maximum Gasteiger partial charge on any atom is 0.326 e. The summed E-state index contributed by atoms with van der Waals surface area (Å²) in [5.41, 5.74) is 16.3. The predicted octanol–water partition coefficient (Wildman–Crippen LogP) is -2.71. The standard InChI is InChI=1S/C21H37N7O9/c1-3-10(2)16(28-17(33)11(22)5-4-8-25-21(23)24)19(35)27-13(9-15(31)32)18(34)26-12(20(36)37)6-7-14(29)30/h10-13,16H,3-9,22H2,1-2H3,(H,26,34)(H,27,35)(H,28,33)(H,29,30)(H,31,32)(H,36,37)(H4,23,24,25). The zero-order chi connectivity index (χ0) is 28.7. The van der Waals surface area contributed by atoms with Crippen LogP contribution in [-0.2, 0) is 28.8 Å². The minimum atomic E-state index is -1.70. The number of hydrogen-bond donors (Lipinski definition) is 9. The molecule has 0 aromatic carbocycles. The molecular formula is C21H37N7O9. The van der Waals surface area contributed by atoms with Gasteiger partial charge < -0.3 is 48.5 Å². The molecule has 0 aromatic heterocycles. The number of nitrogens with two attached hydrogens (primary N) is 3. The van der Waals surface area contributed by atoms with E-state index < -0.39 is 85.0 Å². The van der Waals surface area contributed by atoms with E-state index in [4.69, 9.17) is 22.3 Å². The number of aliphatic imine (C=N–C) groups is 1. The molecule has 0 heterocycles. The first-order chi connectivity index (χ1) is 17.2. The van der Waals surface area contributed by atoms with Crippen LogP contribution >= 0.6 is 0 Å². The van der Waals surface area contributed by atoms with Gasteiger partial charge in [0.15, 0.2) is 5.96 Å². The molecule has 16 nitrogen and oxygen atoms in total. The van der Waals surface area contributed by atoms with Gasteiger partial charge in [0, 0.05) is 13.0 Å². The van der Waals surface area contributed by atoms with E-state index in [-0.39, 0.29) is 18.9 Å². The first-order valence-electron chi connectivity index (χ1n) is 11.6. The Morgan fingerprint density at radius 3 is 1.92 bits per heavy atom. The van der Waals surface area contributed by atoms with Crippen LogP contribution in [0.4, 0.5) is 0 Å². The van der Waals surface area contributed by atoms with Gasteiger partial charge in [0.25, 0.3) is 0 Å². The van der Waals surface area contributed by atoms with Crippen molar-refractivity contribution in [3.05, 3.63) is 0 Å². The van der Waals surface area contributed by atoms with Crippen LogP contribution in [0.15, 0.2) is 4.99 Å². The molecule has 0 rings (SSSR count). The Morgan fingerprint density at radius 2 is 1.43 bits per heavy atom. The van der Waals surface area contributed by atoms with Crippen molar-refractivity contribution in [3.63, 3.8) is 0 Å². The molecule has 16 heteroatoms. The third-order valence-electron chi connectivity index (χ3n) is 5.37. The van der Waals surface area contributed by atoms with Crippen molar-refractivity contribution in [3.8, 4) is 0 Å². The van der Waals surface area contributed by atoms with Gasteiger partial charge in [-0.25, -0.2) is 4.79 Å². The zero-order valence-electron chi connectivity index (χ0n) is 20.8. The summed E-state index contributed by atoms with van der Waals surface area (Å²) in [6, 6.07) is -5.52. The second-order valence-electron chi connectivity index (χ2n) is 8.42. The summed E-state index contributed by atoms with van der Waals surface area (Å²) < 4.78 is 0. The number of carboxylic acid groups (broad SMARTS) is 3. The molecule has 0 bridgehead atoms. The Labute approximate surface area is 213 Å². The molecule has 3 amide bonds. The fourth-order valence-corrected chi connectivity index (χ4v) is 3.06. The van der Waals surface area contributed by atoms with E-state index in [1.807, 2.05) is 5.32 Å². The maximum absolute atomic E-state index is 13.0. The Hall–Kier alpha value is -3.95. The fraction of sp³-hybridized carbons (Fsp3) is 0.667. The molecule has 0 spiro atoms. The van der Waals surface area contributed by atoms with Gasteiger partial charge in [-0.3, -0.25) is 29.0 Å². The fourth-order valence-electron chi connectivity index (χ4n) is 3.06. The van der Waals surface area contributed by atoms with E-state index in [1.54, 1.807) is 13.8 Å². The summed E-state index contributed by atoms with van der Waals surface area (Å²) >= 11 is 0. The monoisotopic (exact) mass is 531 g/mol. The molecule has 210 valence electrons. The molecule has 0 aliphatic rings. The van der Waals surface area contributed by atoms with Crippen molar-refractivity contribution >= 4 is 41.6 Å². The number of carbonyl (C=O) groups excluding carboxylic acids is 3. The van der Waals surface area contributed by atoms with Crippen molar-refractivity contribution in [2.24, 2.45) is 28.1 Å². The lowest BCUT2D eigenvalue weighted by atomic mass is 9.97. The molecule has 12 N–H and O–H groups in total. The van der Waals surface area contributed by atoms with E-state index in [0.29, 0.717) is 12.8 Å². The van der Waals surface area contributed by atoms with E-state index in [2.05, 4.69) is 15.6 Å². The number of nitrogens with one attached hydrogen (secondary N) is 3. The van der Waals surface area contributed by atoms with Gasteiger partial charge in [-0.15, -0.1) is 0 Å². The van der Waals surface area contributed by atoms with Gasteiger partial charge in [-0.1, -0.05) is 20.3 Å². The van der Waals surface area contributed by atoms with Crippen molar-refractivity contribution in [1.29, 1.82) is 0 Å². The Morgan fingerprint density at radius 1 is 0.838 bits per heavy atom. The van der Waals surface area contributed by atoms with Gasteiger partial charge in [0.1, 0.15) is 18.1 Å². The lowest BCUT2D eigenvalue weighted by molar-refractivity contribution is -0.144. The Bertz CT molecular complexity index is 861. The van der Waals surface area contributed by atoms with Gasteiger partial charge >= 0.3 is 17.9 Å². The van der Waals surface area contributed by atoms with Gasteiger partial charge in [0.2, 0.25) is 17.7 Å². The molecule has 0 saturated heterocycles. The van der Waals surface area contributed by atoms with Crippen LogP contribution in [0.25, 0.3) is 0 Å². The summed E-state index contributed by atoms with van der Waals surface area (Å²) in [4.78, 5) is 75.4. The molecule has 37 heavy (non-hydrogen) atoms. The average Bonchev–Trinajstić information content (AvgIpc) is 2.80. The lowest BCUT2D eigenvalue weighted by Crippen LogP contribution is -2.59. The van der Waals surface area contributed by atoms with Crippen LogP contribution in [0, 0.1) is 5.92 Å². The van der Waals surface area contributed by atoms with Crippen molar-refractivity contribution < 1.29 is 44.1 Å². The molecule has 5 atom stereocenters. The summed E-state index contributed by atoms with van der Waals surface area (Å²) in [5, 5.41) is 34.0. The number of rotatable bonds is 18. The predicted molar refractivity (Wildman–Crippen MR) is 130 cm³/mol. The quantitative estimate of drug-likeness (QED) is 0.0495. The third kappa shape index (κ3) is 13.6. The summed E-state index contributed by atoms with van der Waals surface area (Å²) in [6.07, 6.45) is -0.911. The number of carboxylic acids is 3.